The second-order valence-corrected chi connectivity index (χ2v) is 5.84. The molecule has 0 saturated heterocycles. The minimum Gasteiger partial charge on any atom is -0.387 e. The van der Waals surface area contributed by atoms with Gasteiger partial charge in [0, 0.05) is 16.0 Å². The molecule has 0 aliphatic carbocycles. The van der Waals surface area contributed by atoms with Crippen LogP contribution in [0.5, 0.6) is 0 Å². The molecule has 1 atom stereocenters. The van der Waals surface area contributed by atoms with E-state index in [9.17, 15) is 5.11 Å². The number of aryl methyl sites for hydroxylation is 2. The first-order valence-electron chi connectivity index (χ1n) is 6.49. The van der Waals surface area contributed by atoms with Gasteiger partial charge in [-0.3, -0.25) is 4.98 Å². The summed E-state index contributed by atoms with van der Waals surface area (Å²) in [6.45, 7) is 6.19. The summed E-state index contributed by atoms with van der Waals surface area (Å²) in [5, 5.41) is 9.71. The van der Waals surface area contributed by atoms with E-state index in [1.807, 2.05) is 25.3 Å². The Kier molecular flexibility index (Phi) is 4.61. The first-order valence-corrected chi connectivity index (χ1v) is 7.31. The Hall–Kier alpha value is -1.32. The van der Waals surface area contributed by atoms with Gasteiger partial charge in [-0.1, -0.05) is 24.8 Å². The van der Waals surface area contributed by atoms with Gasteiger partial charge < -0.3 is 5.11 Å². The number of pyridine rings is 1. The molecule has 0 aliphatic rings. The summed E-state index contributed by atoms with van der Waals surface area (Å²) in [4.78, 5) is 6.62. The van der Waals surface area contributed by atoms with Crippen LogP contribution < -0.4 is 0 Å². The second-order valence-electron chi connectivity index (χ2n) is 4.69. The number of aromatic nitrogens is 1. The molecule has 1 N–H and O–H groups in total. The van der Waals surface area contributed by atoms with Crippen LogP contribution in [0.25, 0.3) is 0 Å². The van der Waals surface area contributed by atoms with E-state index in [4.69, 9.17) is 0 Å². The number of aliphatic hydroxyl groups excluding tert-OH is 1. The van der Waals surface area contributed by atoms with Gasteiger partial charge in [0.1, 0.15) is 0 Å². The largest absolute Gasteiger partial charge is 0.387 e. The zero-order valence-corrected chi connectivity index (χ0v) is 12.4. The van der Waals surface area contributed by atoms with Crippen molar-refractivity contribution >= 4 is 11.8 Å². The van der Waals surface area contributed by atoms with E-state index in [1.54, 1.807) is 11.8 Å². The Morgan fingerprint density at radius 1 is 1.11 bits per heavy atom. The molecule has 100 valence electrons. The van der Waals surface area contributed by atoms with Gasteiger partial charge in [0.05, 0.1) is 11.8 Å². The van der Waals surface area contributed by atoms with Crippen molar-refractivity contribution in [3.63, 3.8) is 0 Å². The van der Waals surface area contributed by atoms with Crippen LogP contribution in [-0.2, 0) is 0 Å². The Morgan fingerprint density at radius 2 is 1.84 bits per heavy atom. The smallest absolute Gasteiger partial charge is 0.0957 e. The van der Waals surface area contributed by atoms with E-state index in [2.05, 4.69) is 37.0 Å². The third-order valence-corrected chi connectivity index (χ3v) is 4.17. The average molecular weight is 273 g/mol. The first kappa shape index (κ1) is 14.1. The molecule has 2 aromatic rings. The summed E-state index contributed by atoms with van der Waals surface area (Å²) in [7, 11) is 0. The number of rotatable bonds is 4. The molecule has 1 aromatic carbocycles. The van der Waals surface area contributed by atoms with Crippen LogP contribution in [0.4, 0.5) is 0 Å². The summed E-state index contributed by atoms with van der Waals surface area (Å²) in [6.07, 6.45) is 2.06. The fourth-order valence-corrected chi connectivity index (χ4v) is 2.66. The SMILES string of the molecule is CC[C@H](O)c1ccc(Sc2ccc(C)c(C)c2)cn1. The van der Waals surface area contributed by atoms with Crippen LogP contribution in [0.2, 0.25) is 0 Å². The minimum atomic E-state index is -0.458. The third-order valence-electron chi connectivity index (χ3n) is 3.20. The number of nitrogens with zero attached hydrogens (tertiary/aromatic N) is 1. The summed E-state index contributed by atoms with van der Waals surface area (Å²) < 4.78 is 0. The Balaban J connectivity index is 2.12. The van der Waals surface area contributed by atoms with Crippen molar-refractivity contribution in [1.82, 2.24) is 4.98 Å². The maximum atomic E-state index is 9.71. The van der Waals surface area contributed by atoms with E-state index < -0.39 is 6.10 Å². The molecule has 2 nitrogen and oxygen atoms in total. The molecule has 0 unspecified atom stereocenters. The summed E-state index contributed by atoms with van der Waals surface area (Å²) in [5.74, 6) is 0. The predicted octanol–water partition coefficient (Wildman–Crippen LogP) is 4.29. The van der Waals surface area contributed by atoms with Crippen LogP contribution in [0.15, 0.2) is 46.3 Å². The van der Waals surface area contributed by atoms with Gasteiger partial charge in [0.25, 0.3) is 0 Å². The fourth-order valence-electron chi connectivity index (χ4n) is 1.77. The number of hydrogen-bond donors (Lipinski definition) is 1. The van der Waals surface area contributed by atoms with Gasteiger partial charge in [-0.15, -0.1) is 0 Å². The van der Waals surface area contributed by atoms with Gasteiger partial charge in [-0.2, -0.15) is 0 Å². The Morgan fingerprint density at radius 3 is 2.42 bits per heavy atom. The number of aliphatic hydroxyl groups is 1. The zero-order chi connectivity index (χ0) is 13.8. The molecule has 3 heteroatoms. The molecule has 0 radical (unpaired) electrons. The zero-order valence-electron chi connectivity index (χ0n) is 11.6. The van der Waals surface area contributed by atoms with Crippen LogP contribution in [0.1, 0.15) is 36.3 Å². The van der Waals surface area contributed by atoms with Crippen molar-refractivity contribution in [2.24, 2.45) is 0 Å². The van der Waals surface area contributed by atoms with Crippen molar-refractivity contribution in [1.29, 1.82) is 0 Å². The lowest BCUT2D eigenvalue weighted by Gasteiger charge is -2.08. The molecule has 19 heavy (non-hydrogen) atoms. The maximum absolute atomic E-state index is 9.71. The van der Waals surface area contributed by atoms with Crippen LogP contribution in [-0.4, -0.2) is 10.1 Å². The molecule has 0 spiro atoms. The van der Waals surface area contributed by atoms with Gasteiger partial charge in [0.2, 0.25) is 0 Å². The maximum Gasteiger partial charge on any atom is 0.0957 e. The lowest BCUT2D eigenvalue weighted by atomic mass is 10.1. The van der Waals surface area contributed by atoms with Crippen molar-refractivity contribution in [2.45, 2.75) is 43.1 Å². The van der Waals surface area contributed by atoms with Crippen molar-refractivity contribution in [3.05, 3.63) is 53.3 Å². The predicted molar refractivity (Wildman–Crippen MR) is 79.5 cm³/mol. The van der Waals surface area contributed by atoms with Crippen molar-refractivity contribution in [2.75, 3.05) is 0 Å². The molecular weight excluding hydrogens is 254 g/mol. The summed E-state index contributed by atoms with van der Waals surface area (Å²) in [5.41, 5.74) is 3.35. The third kappa shape index (κ3) is 3.58. The van der Waals surface area contributed by atoms with Gasteiger partial charge >= 0.3 is 0 Å². The molecule has 0 amide bonds. The Labute approximate surface area is 118 Å². The summed E-state index contributed by atoms with van der Waals surface area (Å²) in [6, 6.07) is 10.4. The van der Waals surface area contributed by atoms with Crippen LogP contribution >= 0.6 is 11.8 Å². The normalized spacial score (nSPS) is 12.4. The monoisotopic (exact) mass is 273 g/mol. The van der Waals surface area contributed by atoms with Crippen LogP contribution in [0.3, 0.4) is 0 Å². The molecule has 0 saturated carbocycles. The van der Waals surface area contributed by atoms with Gasteiger partial charge in [-0.05, 0) is 55.7 Å². The lowest BCUT2D eigenvalue weighted by Crippen LogP contribution is -1.97. The van der Waals surface area contributed by atoms with Crippen molar-refractivity contribution in [3.8, 4) is 0 Å². The molecule has 1 aromatic heterocycles. The van der Waals surface area contributed by atoms with Gasteiger partial charge in [0.15, 0.2) is 0 Å². The first-order chi connectivity index (χ1) is 9.10. The average Bonchev–Trinajstić information content (AvgIpc) is 2.43. The molecule has 1 heterocycles. The number of benzene rings is 1. The standard InChI is InChI=1S/C16H19NOS/c1-4-16(18)15-8-7-14(10-17-15)19-13-6-5-11(2)12(3)9-13/h5-10,16,18H,4H2,1-3H3/t16-/m0/s1. The molecule has 0 bridgehead atoms. The Bertz CT molecular complexity index is 551. The van der Waals surface area contributed by atoms with E-state index in [0.717, 1.165) is 10.6 Å². The quantitative estimate of drug-likeness (QED) is 0.902. The van der Waals surface area contributed by atoms with E-state index in [1.165, 1.54) is 16.0 Å². The van der Waals surface area contributed by atoms with Crippen LogP contribution in [0, 0.1) is 13.8 Å². The lowest BCUT2D eigenvalue weighted by molar-refractivity contribution is 0.169. The van der Waals surface area contributed by atoms with Crippen molar-refractivity contribution < 1.29 is 5.11 Å². The van der Waals surface area contributed by atoms with E-state index in [0.29, 0.717) is 6.42 Å². The number of hydrogen-bond acceptors (Lipinski definition) is 3. The molecule has 2 rings (SSSR count). The highest BCUT2D eigenvalue weighted by Crippen LogP contribution is 2.29. The summed E-state index contributed by atoms with van der Waals surface area (Å²) >= 11 is 1.69. The van der Waals surface area contributed by atoms with E-state index in [-0.39, 0.29) is 0 Å². The highest BCUT2D eigenvalue weighted by atomic mass is 32.2. The topological polar surface area (TPSA) is 33.1 Å². The molecular formula is C16H19NOS. The second kappa shape index (κ2) is 6.22. The molecule has 0 fully saturated rings. The van der Waals surface area contributed by atoms with E-state index >= 15 is 0 Å². The molecule has 0 aliphatic heterocycles. The highest BCUT2D eigenvalue weighted by molar-refractivity contribution is 7.99. The highest BCUT2D eigenvalue weighted by Gasteiger charge is 2.06. The fraction of sp³-hybridized carbons (Fsp3) is 0.312. The van der Waals surface area contributed by atoms with Gasteiger partial charge in [-0.25, -0.2) is 0 Å². The minimum absolute atomic E-state index is 0.458.